The number of carboxylic acid groups (broad SMARTS) is 1. The lowest BCUT2D eigenvalue weighted by atomic mass is 9.95. The van der Waals surface area contributed by atoms with Gasteiger partial charge in [-0.15, -0.1) is 11.3 Å². The molecule has 21 heavy (non-hydrogen) atoms. The topological polar surface area (TPSA) is 76.0 Å². The van der Waals surface area contributed by atoms with Gasteiger partial charge in [0.15, 0.2) is 4.88 Å². The zero-order valence-corrected chi connectivity index (χ0v) is 14.0. The first-order chi connectivity index (χ1) is 9.61. The molecule has 0 fully saturated rings. The van der Waals surface area contributed by atoms with E-state index in [0.717, 1.165) is 4.88 Å². The highest BCUT2D eigenvalue weighted by Crippen LogP contribution is 2.36. The number of aromatic carboxylic acids is 1. The SMILES string of the molecule is CC(C)OCC(O)COc1cc(C(C)(C)C)sc1C(=O)O. The Labute approximate surface area is 129 Å². The van der Waals surface area contributed by atoms with Gasteiger partial charge >= 0.3 is 5.97 Å². The van der Waals surface area contributed by atoms with E-state index in [0.29, 0.717) is 5.75 Å². The molecule has 0 aromatic carbocycles. The van der Waals surface area contributed by atoms with Gasteiger partial charge in [-0.05, 0) is 25.3 Å². The van der Waals surface area contributed by atoms with Gasteiger partial charge in [0.25, 0.3) is 0 Å². The van der Waals surface area contributed by atoms with Gasteiger partial charge in [0.1, 0.15) is 18.5 Å². The molecule has 2 N–H and O–H groups in total. The van der Waals surface area contributed by atoms with Gasteiger partial charge in [-0.1, -0.05) is 20.8 Å². The van der Waals surface area contributed by atoms with E-state index in [1.54, 1.807) is 6.07 Å². The molecule has 6 heteroatoms. The summed E-state index contributed by atoms with van der Waals surface area (Å²) in [7, 11) is 0. The number of ether oxygens (including phenoxy) is 2. The van der Waals surface area contributed by atoms with Crippen LogP contribution < -0.4 is 4.74 Å². The smallest absolute Gasteiger partial charge is 0.349 e. The highest BCUT2D eigenvalue weighted by molar-refractivity contribution is 7.14. The number of rotatable bonds is 7. The second kappa shape index (κ2) is 7.24. The first kappa shape index (κ1) is 17.9. The lowest BCUT2D eigenvalue weighted by Gasteiger charge is -2.15. The van der Waals surface area contributed by atoms with Crippen molar-refractivity contribution in [2.45, 2.75) is 52.2 Å². The van der Waals surface area contributed by atoms with Crippen LogP contribution >= 0.6 is 11.3 Å². The molecular formula is C15H24O5S. The van der Waals surface area contributed by atoms with Gasteiger partial charge in [-0.3, -0.25) is 0 Å². The molecule has 1 atom stereocenters. The van der Waals surface area contributed by atoms with Crippen molar-refractivity contribution < 1.29 is 24.5 Å². The molecule has 120 valence electrons. The van der Waals surface area contributed by atoms with E-state index in [1.165, 1.54) is 11.3 Å². The van der Waals surface area contributed by atoms with Gasteiger partial charge in [0, 0.05) is 4.88 Å². The lowest BCUT2D eigenvalue weighted by Crippen LogP contribution is -2.25. The number of hydrogen-bond acceptors (Lipinski definition) is 5. The average Bonchev–Trinajstić information content (AvgIpc) is 2.77. The predicted octanol–water partition coefficient (Wildman–Crippen LogP) is 2.91. The third-order valence-corrected chi connectivity index (χ3v) is 4.21. The molecule has 0 bridgehead atoms. The number of thiophene rings is 1. The zero-order chi connectivity index (χ0) is 16.2. The number of hydrogen-bond donors (Lipinski definition) is 2. The number of aliphatic hydroxyl groups is 1. The van der Waals surface area contributed by atoms with Crippen LogP contribution in [-0.2, 0) is 10.2 Å². The summed E-state index contributed by atoms with van der Waals surface area (Å²) < 4.78 is 10.8. The Morgan fingerprint density at radius 2 is 1.95 bits per heavy atom. The average molecular weight is 316 g/mol. The maximum atomic E-state index is 11.3. The molecule has 5 nitrogen and oxygen atoms in total. The van der Waals surface area contributed by atoms with Crippen molar-refractivity contribution in [2.75, 3.05) is 13.2 Å². The van der Waals surface area contributed by atoms with E-state index < -0.39 is 12.1 Å². The summed E-state index contributed by atoms with van der Waals surface area (Å²) >= 11 is 1.21. The Morgan fingerprint density at radius 3 is 2.43 bits per heavy atom. The normalized spacial score (nSPS) is 13.5. The van der Waals surface area contributed by atoms with Crippen LogP contribution in [-0.4, -0.2) is 41.6 Å². The zero-order valence-electron chi connectivity index (χ0n) is 13.2. The quantitative estimate of drug-likeness (QED) is 0.809. The Hall–Kier alpha value is -1.11. The molecule has 1 rings (SSSR count). The molecule has 1 unspecified atom stereocenters. The largest absolute Gasteiger partial charge is 0.489 e. The Kier molecular flexibility index (Phi) is 6.19. The highest BCUT2D eigenvalue weighted by Gasteiger charge is 2.24. The van der Waals surface area contributed by atoms with E-state index in [4.69, 9.17) is 9.47 Å². The van der Waals surface area contributed by atoms with Crippen molar-refractivity contribution in [2.24, 2.45) is 0 Å². The summed E-state index contributed by atoms with van der Waals surface area (Å²) in [5.41, 5.74) is -0.143. The van der Waals surface area contributed by atoms with Crippen molar-refractivity contribution in [3.63, 3.8) is 0 Å². The van der Waals surface area contributed by atoms with Crippen LogP contribution in [0.3, 0.4) is 0 Å². The van der Waals surface area contributed by atoms with Crippen LogP contribution in [0, 0.1) is 0 Å². The molecule has 0 radical (unpaired) electrons. The number of aliphatic hydroxyl groups excluding tert-OH is 1. The predicted molar refractivity (Wildman–Crippen MR) is 82.6 cm³/mol. The van der Waals surface area contributed by atoms with E-state index in [1.807, 2.05) is 34.6 Å². The van der Waals surface area contributed by atoms with Crippen molar-refractivity contribution in [3.05, 3.63) is 15.8 Å². The summed E-state index contributed by atoms with van der Waals surface area (Å²) in [5, 5.41) is 19.0. The monoisotopic (exact) mass is 316 g/mol. The standard InChI is InChI=1S/C15H24O5S/c1-9(2)19-7-10(16)8-20-11-6-12(15(3,4)5)21-13(11)14(17)18/h6,9-10,16H,7-8H2,1-5H3,(H,17,18). The fourth-order valence-electron chi connectivity index (χ4n) is 1.54. The van der Waals surface area contributed by atoms with Gasteiger partial charge in [0.05, 0.1) is 12.7 Å². The van der Waals surface area contributed by atoms with Crippen molar-refractivity contribution in [3.8, 4) is 5.75 Å². The van der Waals surface area contributed by atoms with Gasteiger partial charge < -0.3 is 19.7 Å². The highest BCUT2D eigenvalue weighted by atomic mass is 32.1. The molecule has 0 saturated heterocycles. The second-order valence-corrected chi connectivity index (χ2v) is 7.26. The number of carbonyl (C=O) groups is 1. The van der Waals surface area contributed by atoms with Crippen LogP contribution in [0.15, 0.2) is 6.07 Å². The van der Waals surface area contributed by atoms with Crippen LogP contribution in [0.2, 0.25) is 0 Å². The van der Waals surface area contributed by atoms with Crippen LogP contribution in [0.4, 0.5) is 0 Å². The molecular weight excluding hydrogens is 292 g/mol. The Bertz CT molecular complexity index is 473. The minimum Gasteiger partial charge on any atom is -0.489 e. The number of carboxylic acids is 1. The molecule has 0 aliphatic heterocycles. The lowest BCUT2D eigenvalue weighted by molar-refractivity contribution is -0.0123. The van der Waals surface area contributed by atoms with Gasteiger partial charge in [-0.2, -0.15) is 0 Å². The van der Waals surface area contributed by atoms with Crippen LogP contribution in [0.1, 0.15) is 49.2 Å². The Morgan fingerprint density at radius 1 is 1.33 bits per heavy atom. The molecule has 0 aliphatic rings. The summed E-state index contributed by atoms with van der Waals surface area (Å²) in [4.78, 5) is 12.4. The molecule has 1 aromatic rings. The van der Waals surface area contributed by atoms with Crippen LogP contribution in [0.5, 0.6) is 5.75 Å². The molecule has 0 spiro atoms. The summed E-state index contributed by atoms with van der Waals surface area (Å²) in [6, 6.07) is 1.74. The minimum atomic E-state index is -1.02. The first-order valence-corrected chi connectivity index (χ1v) is 7.73. The van der Waals surface area contributed by atoms with Crippen molar-refractivity contribution in [1.82, 2.24) is 0 Å². The fraction of sp³-hybridized carbons (Fsp3) is 0.667. The maximum absolute atomic E-state index is 11.3. The summed E-state index contributed by atoms with van der Waals surface area (Å²) in [5.74, 6) is -0.709. The van der Waals surface area contributed by atoms with Gasteiger partial charge in [-0.25, -0.2) is 4.79 Å². The molecule has 0 amide bonds. The van der Waals surface area contributed by atoms with Crippen molar-refractivity contribution >= 4 is 17.3 Å². The molecule has 0 aliphatic carbocycles. The summed E-state index contributed by atoms with van der Waals surface area (Å²) in [6.07, 6.45) is -0.755. The van der Waals surface area contributed by atoms with E-state index in [9.17, 15) is 15.0 Å². The van der Waals surface area contributed by atoms with Gasteiger partial charge in [0.2, 0.25) is 0 Å². The van der Waals surface area contributed by atoms with E-state index >= 15 is 0 Å². The maximum Gasteiger partial charge on any atom is 0.349 e. The minimum absolute atomic E-state index is 0.00726. The fourth-order valence-corrected chi connectivity index (χ4v) is 2.54. The van der Waals surface area contributed by atoms with E-state index in [2.05, 4.69) is 0 Å². The first-order valence-electron chi connectivity index (χ1n) is 6.91. The third kappa shape index (κ3) is 5.65. The molecule has 0 saturated carbocycles. The molecule has 1 aromatic heterocycles. The third-order valence-electron chi connectivity index (χ3n) is 2.68. The van der Waals surface area contributed by atoms with Crippen molar-refractivity contribution in [1.29, 1.82) is 0 Å². The van der Waals surface area contributed by atoms with E-state index in [-0.39, 0.29) is 29.6 Å². The second-order valence-electron chi connectivity index (χ2n) is 6.21. The summed E-state index contributed by atoms with van der Waals surface area (Å²) in [6.45, 7) is 9.97. The molecule has 1 heterocycles. The van der Waals surface area contributed by atoms with Crippen LogP contribution in [0.25, 0.3) is 0 Å². The Balaban J connectivity index is 2.73.